The SMILES string of the molecule is CC(=O)NC1C[C@@H]2CN(C(=O)O)C[C@@H]2C1. The molecule has 0 bridgehead atoms. The van der Waals surface area contributed by atoms with Crippen molar-refractivity contribution in [2.45, 2.75) is 25.8 Å². The predicted octanol–water partition coefficient (Wildman–Crippen LogP) is 0.511. The number of carbonyl (C=O) groups excluding carboxylic acids is 1. The van der Waals surface area contributed by atoms with Crippen LogP contribution >= 0.6 is 0 Å². The third-order valence-corrected chi connectivity index (χ3v) is 3.43. The van der Waals surface area contributed by atoms with Crippen molar-refractivity contribution in [2.24, 2.45) is 11.8 Å². The highest BCUT2D eigenvalue weighted by Gasteiger charge is 2.42. The van der Waals surface area contributed by atoms with Crippen molar-refractivity contribution in [2.75, 3.05) is 13.1 Å². The molecule has 3 atom stereocenters. The predicted molar refractivity (Wildman–Crippen MR) is 53.4 cm³/mol. The summed E-state index contributed by atoms with van der Waals surface area (Å²) in [5, 5.41) is 11.7. The maximum atomic E-state index is 10.9. The lowest BCUT2D eigenvalue weighted by Gasteiger charge is -2.16. The third kappa shape index (κ3) is 2.06. The Morgan fingerprint density at radius 1 is 1.27 bits per heavy atom. The number of hydrogen-bond acceptors (Lipinski definition) is 2. The Kier molecular flexibility index (Phi) is 2.54. The normalized spacial score (nSPS) is 33.9. The molecule has 0 aromatic heterocycles. The highest BCUT2D eigenvalue weighted by atomic mass is 16.4. The fraction of sp³-hybridized carbons (Fsp3) is 0.800. The van der Waals surface area contributed by atoms with Crippen molar-refractivity contribution in [1.82, 2.24) is 10.2 Å². The van der Waals surface area contributed by atoms with E-state index in [1.54, 1.807) is 0 Å². The molecule has 1 heterocycles. The smallest absolute Gasteiger partial charge is 0.407 e. The fourth-order valence-corrected chi connectivity index (χ4v) is 2.86. The Morgan fingerprint density at radius 3 is 2.20 bits per heavy atom. The van der Waals surface area contributed by atoms with E-state index in [2.05, 4.69) is 5.32 Å². The Hall–Kier alpha value is -1.26. The molecule has 1 saturated heterocycles. The monoisotopic (exact) mass is 212 g/mol. The quantitative estimate of drug-likeness (QED) is 0.665. The minimum atomic E-state index is -0.819. The first-order chi connectivity index (χ1) is 7.06. The Morgan fingerprint density at radius 2 is 1.80 bits per heavy atom. The van der Waals surface area contributed by atoms with Gasteiger partial charge in [-0.2, -0.15) is 0 Å². The van der Waals surface area contributed by atoms with Crippen molar-refractivity contribution in [3.05, 3.63) is 0 Å². The standard InChI is InChI=1S/C10H16N2O3/c1-6(13)11-9-2-7-4-12(10(14)15)5-8(7)3-9/h7-9H,2-5H2,1H3,(H,11,13)(H,14,15)/t7-,8+,9?. The molecule has 2 aliphatic rings. The van der Waals surface area contributed by atoms with E-state index in [1.807, 2.05) is 0 Å². The molecule has 1 aliphatic carbocycles. The van der Waals surface area contributed by atoms with Gasteiger partial charge in [0, 0.05) is 26.1 Å². The van der Waals surface area contributed by atoms with E-state index in [-0.39, 0.29) is 11.9 Å². The van der Waals surface area contributed by atoms with Gasteiger partial charge < -0.3 is 15.3 Å². The first-order valence-electron chi connectivity index (χ1n) is 5.31. The summed E-state index contributed by atoms with van der Waals surface area (Å²) in [6.45, 7) is 2.80. The van der Waals surface area contributed by atoms with Crippen LogP contribution in [0.5, 0.6) is 0 Å². The van der Waals surface area contributed by atoms with Gasteiger partial charge in [0.2, 0.25) is 5.91 Å². The lowest BCUT2D eigenvalue weighted by Crippen LogP contribution is -2.34. The number of hydrogen-bond donors (Lipinski definition) is 2. The molecular formula is C10H16N2O3. The highest BCUT2D eigenvalue weighted by Crippen LogP contribution is 2.37. The van der Waals surface area contributed by atoms with Crippen LogP contribution in [0.15, 0.2) is 0 Å². The summed E-state index contributed by atoms with van der Waals surface area (Å²) in [4.78, 5) is 23.1. The molecule has 1 saturated carbocycles. The molecule has 0 aromatic rings. The number of rotatable bonds is 1. The van der Waals surface area contributed by atoms with E-state index in [0.29, 0.717) is 24.9 Å². The molecule has 2 amide bonds. The number of nitrogens with zero attached hydrogens (tertiary/aromatic N) is 1. The number of fused-ring (bicyclic) bond motifs is 1. The van der Waals surface area contributed by atoms with Gasteiger partial charge in [-0.25, -0.2) is 4.79 Å². The lowest BCUT2D eigenvalue weighted by atomic mass is 10.0. The van der Waals surface area contributed by atoms with E-state index in [1.165, 1.54) is 11.8 Å². The average molecular weight is 212 g/mol. The molecule has 0 spiro atoms. The summed E-state index contributed by atoms with van der Waals surface area (Å²) in [6, 6.07) is 0.258. The van der Waals surface area contributed by atoms with E-state index >= 15 is 0 Å². The Labute approximate surface area is 88.4 Å². The second-order valence-corrected chi connectivity index (χ2v) is 4.58. The molecule has 0 radical (unpaired) electrons. The number of likely N-dealkylation sites (tertiary alicyclic amines) is 1. The van der Waals surface area contributed by atoms with Crippen molar-refractivity contribution in [1.29, 1.82) is 0 Å². The van der Waals surface area contributed by atoms with Crippen molar-refractivity contribution >= 4 is 12.0 Å². The number of carboxylic acid groups (broad SMARTS) is 1. The summed E-state index contributed by atoms with van der Waals surface area (Å²) in [5.74, 6) is 0.894. The molecule has 15 heavy (non-hydrogen) atoms. The molecule has 1 aliphatic heterocycles. The molecule has 84 valence electrons. The second-order valence-electron chi connectivity index (χ2n) is 4.58. The van der Waals surface area contributed by atoms with Crippen LogP contribution in [-0.4, -0.2) is 41.1 Å². The van der Waals surface area contributed by atoms with Gasteiger partial charge in [-0.15, -0.1) is 0 Å². The maximum Gasteiger partial charge on any atom is 0.407 e. The van der Waals surface area contributed by atoms with Crippen LogP contribution in [0, 0.1) is 11.8 Å². The number of amides is 2. The van der Waals surface area contributed by atoms with Crippen LogP contribution in [0.2, 0.25) is 0 Å². The Bertz CT molecular complexity index is 278. The summed E-state index contributed by atoms with van der Waals surface area (Å²) in [6.07, 6.45) is 1.03. The molecule has 5 heteroatoms. The van der Waals surface area contributed by atoms with Crippen LogP contribution < -0.4 is 5.32 Å². The second kappa shape index (κ2) is 3.72. The first kappa shape index (κ1) is 10.3. The van der Waals surface area contributed by atoms with Crippen LogP contribution in [0.3, 0.4) is 0 Å². The molecular weight excluding hydrogens is 196 g/mol. The first-order valence-corrected chi connectivity index (χ1v) is 5.31. The van der Waals surface area contributed by atoms with E-state index in [9.17, 15) is 9.59 Å². The van der Waals surface area contributed by atoms with Crippen LogP contribution in [0.25, 0.3) is 0 Å². The molecule has 1 unspecified atom stereocenters. The van der Waals surface area contributed by atoms with Gasteiger partial charge >= 0.3 is 6.09 Å². The summed E-state index contributed by atoms with van der Waals surface area (Å²) < 4.78 is 0. The van der Waals surface area contributed by atoms with Crippen molar-refractivity contribution in [3.63, 3.8) is 0 Å². The van der Waals surface area contributed by atoms with Gasteiger partial charge in [-0.05, 0) is 24.7 Å². The Balaban J connectivity index is 1.88. The number of carbonyl (C=O) groups is 2. The van der Waals surface area contributed by atoms with Gasteiger partial charge in [-0.3, -0.25) is 4.79 Å². The summed E-state index contributed by atoms with van der Waals surface area (Å²) in [7, 11) is 0. The molecule has 0 aromatic carbocycles. The lowest BCUT2D eigenvalue weighted by molar-refractivity contribution is -0.119. The van der Waals surface area contributed by atoms with Gasteiger partial charge in [0.15, 0.2) is 0 Å². The topological polar surface area (TPSA) is 69.6 Å². The van der Waals surface area contributed by atoms with Crippen molar-refractivity contribution in [3.8, 4) is 0 Å². The largest absolute Gasteiger partial charge is 0.465 e. The summed E-state index contributed by atoms with van der Waals surface area (Å²) >= 11 is 0. The zero-order valence-corrected chi connectivity index (χ0v) is 8.77. The highest BCUT2D eigenvalue weighted by molar-refractivity contribution is 5.73. The van der Waals surface area contributed by atoms with E-state index < -0.39 is 6.09 Å². The van der Waals surface area contributed by atoms with E-state index in [0.717, 1.165) is 12.8 Å². The third-order valence-electron chi connectivity index (χ3n) is 3.43. The van der Waals surface area contributed by atoms with Gasteiger partial charge in [0.05, 0.1) is 0 Å². The average Bonchev–Trinajstić information content (AvgIpc) is 2.58. The van der Waals surface area contributed by atoms with Gasteiger partial charge in [0.25, 0.3) is 0 Å². The zero-order chi connectivity index (χ0) is 11.0. The molecule has 2 fully saturated rings. The van der Waals surface area contributed by atoms with Gasteiger partial charge in [0.1, 0.15) is 0 Å². The van der Waals surface area contributed by atoms with Crippen LogP contribution in [0.1, 0.15) is 19.8 Å². The minimum absolute atomic E-state index is 0.00932. The fourth-order valence-electron chi connectivity index (χ4n) is 2.86. The number of nitrogens with one attached hydrogen (secondary N) is 1. The zero-order valence-electron chi connectivity index (χ0n) is 8.77. The van der Waals surface area contributed by atoms with Crippen molar-refractivity contribution < 1.29 is 14.7 Å². The van der Waals surface area contributed by atoms with Crippen LogP contribution in [0.4, 0.5) is 4.79 Å². The van der Waals surface area contributed by atoms with E-state index in [4.69, 9.17) is 5.11 Å². The minimum Gasteiger partial charge on any atom is -0.465 e. The molecule has 2 N–H and O–H groups in total. The van der Waals surface area contributed by atoms with Gasteiger partial charge in [-0.1, -0.05) is 0 Å². The molecule has 5 nitrogen and oxygen atoms in total. The molecule has 2 rings (SSSR count). The van der Waals surface area contributed by atoms with Crippen LogP contribution in [-0.2, 0) is 4.79 Å². The summed E-state index contributed by atoms with van der Waals surface area (Å²) in [5.41, 5.74) is 0. The maximum absolute atomic E-state index is 10.9.